The Balaban J connectivity index is 1.88. The zero-order chi connectivity index (χ0) is 16.1. The summed E-state index contributed by atoms with van der Waals surface area (Å²) in [5, 5.41) is 19.5. The van der Waals surface area contributed by atoms with Gasteiger partial charge in [-0.05, 0) is 66.8 Å². The fourth-order valence-corrected chi connectivity index (χ4v) is 2.57. The Kier molecular flexibility index (Phi) is 5.45. The molecule has 2 rings (SSSR count). The lowest BCUT2D eigenvalue weighted by Crippen LogP contribution is -2.03. The van der Waals surface area contributed by atoms with E-state index in [2.05, 4.69) is 0 Å². The number of benzene rings is 2. The van der Waals surface area contributed by atoms with Gasteiger partial charge in [0.15, 0.2) is 0 Å². The van der Waals surface area contributed by atoms with E-state index in [1.54, 1.807) is 24.3 Å². The van der Waals surface area contributed by atoms with Crippen molar-refractivity contribution >= 4 is 17.4 Å². The van der Waals surface area contributed by atoms with Gasteiger partial charge in [0.25, 0.3) is 0 Å². The molecule has 0 heterocycles. The Morgan fingerprint density at radius 2 is 1.50 bits per heavy atom. The summed E-state index contributed by atoms with van der Waals surface area (Å²) in [6.07, 6.45) is 1.96. The molecular formula is C18H19ClO3. The molecule has 116 valence electrons. The van der Waals surface area contributed by atoms with Gasteiger partial charge in [-0.2, -0.15) is 0 Å². The summed E-state index contributed by atoms with van der Waals surface area (Å²) in [7, 11) is 0. The molecule has 22 heavy (non-hydrogen) atoms. The van der Waals surface area contributed by atoms with Gasteiger partial charge in [-0.25, -0.2) is 0 Å². The van der Waals surface area contributed by atoms with Crippen molar-refractivity contribution in [1.29, 1.82) is 0 Å². The lowest BCUT2D eigenvalue weighted by Gasteiger charge is -2.07. The molecule has 2 N–H and O–H groups in total. The van der Waals surface area contributed by atoms with Crippen LogP contribution in [0.3, 0.4) is 0 Å². The molecule has 2 aromatic rings. The van der Waals surface area contributed by atoms with E-state index < -0.39 is 0 Å². The van der Waals surface area contributed by atoms with E-state index in [0.717, 1.165) is 16.7 Å². The second-order valence-electron chi connectivity index (χ2n) is 5.43. The monoisotopic (exact) mass is 318 g/mol. The van der Waals surface area contributed by atoms with Crippen LogP contribution in [0.25, 0.3) is 0 Å². The van der Waals surface area contributed by atoms with Crippen LogP contribution in [0.15, 0.2) is 36.4 Å². The van der Waals surface area contributed by atoms with E-state index in [0.29, 0.717) is 30.7 Å². The standard InChI is InChI=1S/C18H19ClO3/c1-12-2-5-16(21)10-13(12)3-6-15(20)7-4-14-11-17(22)8-9-18(14)19/h2,5,8-11,21-22H,3-4,6-7H2,1H3. The summed E-state index contributed by atoms with van der Waals surface area (Å²) in [5.74, 6) is 0.518. The summed E-state index contributed by atoms with van der Waals surface area (Å²) in [6, 6.07) is 9.95. The van der Waals surface area contributed by atoms with Crippen molar-refractivity contribution in [3.05, 3.63) is 58.1 Å². The molecule has 0 saturated heterocycles. The summed E-state index contributed by atoms with van der Waals surface area (Å²) in [5.41, 5.74) is 2.84. The summed E-state index contributed by atoms with van der Waals surface area (Å²) in [4.78, 5) is 12.0. The molecule has 0 bridgehead atoms. The predicted octanol–water partition coefficient (Wildman–Crippen LogP) is 4.19. The molecule has 0 amide bonds. The maximum Gasteiger partial charge on any atom is 0.133 e. The number of phenols is 2. The molecule has 0 aromatic heterocycles. The van der Waals surface area contributed by atoms with Crippen LogP contribution in [0.4, 0.5) is 0 Å². The van der Waals surface area contributed by atoms with Gasteiger partial charge in [0, 0.05) is 17.9 Å². The van der Waals surface area contributed by atoms with E-state index in [9.17, 15) is 15.0 Å². The zero-order valence-electron chi connectivity index (χ0n) is 12.5. The van der Waals surface area contributed by atoms with E-state index in [1.165, 1.54) is 6.07 Å². The number of aryl methyl sites for hydroxylation is 3. The van der Waals surface area contributed by atoms with Gasteiger partial charge in [-0.3, -0.25) is 4.79 Å². The predicted molar refractivity (Wildman–Crippen MR) is 87.6 cm³/mol. The van der Waals surface area contributed by atoms with Gasteiger partial charge in [-0.1, -0.05) is 17.7 Å². The average molecular weight is 319 g/mol. The molecule has 0 atom stereocenters. The van der Waals surface area contributed by atoms with Crippen LogP contribution in [0.5, 0.6) is 11.5 Å². The topological polar surface area (TPSA) is 57.5 Å². The molecular weight excluding hydrogens is 300 g/mol. The number of rotatable bonds is 6. The van der Waals surface area contributed by atoms with Gasteiger partial charge in [0.05, 0.1) is 0 Å². The molecule has 2 aromatic carbocycles. The van der Waals surface area contributed by atoms with E-state index in [1.807, 2.05) is 13.0 Å². The van der Waals surface area contributed by atoms with Gasteiger partial charge in [0.2, 0.25) is 0 Å². The van der Waals surface area contributed by atoms with Gasteiger partial charge < -0.3 is 10.2 Å². The number of phenolic OH excluding ortho intramolecular Hbond substituents is 2. The van der Waals surface area contributed by atoms with Crippen LogP contribution >= 0.6 is 11.6 Å². The minimum atomic E-state index is 0.141. The first-order valence-electron chi connectivity index (χ1n) is 7.23. The Labute approximate surface area is 135 Å². The van der Waals surface area contributed by atoms with Crippen LogP contribution in [0.1, 0.15) is 29.5 Å². The highest BCUT2D eigenvalue weighted by Gasteiger charge is 2.08. The maximum atomic E-state index is 12.0. The smallest absolute Gasteiger partial charge is 0.133 e. The lowest BCUT2D eigenvalue weighted by molar-refractivity contribution is -0.119. The number of hydrogen-bond acceptors (Lipinski definition) is 3. The van der Waals surface area contributed by atoms with Crippen molar-refractivity contribution in [2.75, 3.05) is 0 Å². The van der Waals surface area contributed by atoms with Crippen LogP contribution in [-0.4, -0.2) is 16.0 Å². The highest BCUT2D eigenvalue weighted by molar-refractivity contribution is 6.31. The molecule has 0 radical (unpaired) electrons. The van der Waals surface area contributed by atoms with Crippen LogP contribution in [0, 0.1) is 6.92 Å². The molecule has 0 fully saturated rings. The first-order chi connectivity index (χ1) is 10.5. The Morgan fingerprint density at radius 1 is 0.955 bits per heavy atom. The van der Waals surface area contributed by atoms with Crippen molar-refractivity contribution in [2.45, 2.75) is 32.6 Å². The summed E-state index contributed by atoms with van der Waals surface area (Å²) in [6.45, 7) is 1.96. The molecule has 0 aliphatic carbocycles. The zero-order valence-corrected chi connectivity index (χ0v) is 13.2. The van der Waals surface area contributed by atoms with Gasteiger partial charge in [0.1, 0.15) is 17.3 Å². The largest absolute Gasteiger partial charge is 0.508 e. The van der Waals surface area contributed by atoms with Gasteiger partial charge in [-0.15, -0.1) is 0 Å². The number of aromatic hydroxyl groups is 2. The van der Waals surface area contributed by atoms with Crippen LogP contribution in [0.2, 0.25) is 5.02 Å². The lowest BCUT2D eigenvalue weighted by atomic mass is 9.99. The highest BCUT2D eigenvalue weighted by Crippen LogP contribution is 2.23. The number of hydrogen-bond donors (Lipinski definition) is 2. The Morgan fingerprint density at radius 3 is 2.18 bits per heavy atom. The highest BCUT2D eigenvalue weighted by atomic mass is 35.5. The van der Waals surface area contributed by atoms with Crippen molar-refractivity contribution < 1.29 is 15.0 Å². The summed E-state index contributed by atoms with van der Waals surface area (Å²) < 4.78 is 0. The molecule has 0 saturated carbocycles. The van der Waals surface area contributed by atoms with E-state index in [-0.39, 0.29) is 17.3 Å². The minimum absolute atomic E-state index is 0.141. The van der Waals surface area contributed by atoms with Crippen molar-refractivity contribution in [3.8, 4) is 11.5 Å². The second kappa shape index (κ2) is 7.32. The summed E-state index contributed by atoms with van der Waals surface area (Å²) >= 11 is 6.04. The molecule has 4 heteroatoms. The normalized spacial score (nSPS) is 10.6. The maximum absolute atomic E-state index is 12.0. The molecule has 0 unspecified atom stereocenters. The molecule has 0 aliphatic heterocycles. The van der Waals surface area contributed by atoms with Crippen molar-refractivity contribution in [1.82, 2.24) is 0 Å². The second-order valence-corrected chi connectivity index (χ2v) is 5.83. The number of carbonyl (C=O) groups is 1. The fraction of sp³-hybridized carbons (Fsp3) is 0.278. The number of carbonyl (C=O) groups excluding carboxylic acids is 1. The van der Waals surface area contributed by atoms with Crippen molar-refractivity contribution in [3.63, 3.8) is 0 Å². The average Bonchev–Trinajstić information content (AvgIpc) is 2.49. The van der Waals surface area contributed by atoms with Crippen molar-refractivity contribution in [2.24, 2.45) is 0 Å². The number of Topliss-reactive ketones (excluding diaryl/α,β-unsaturated/α-hetero) is 1. The first kappa shape index (κ1) is 16.4. The van der Waals surface area contributed by atoms with E-state index >= 15 is 0 Å². The number of ketones is 1. The minimum Gasteiger partial charge on any atom is -0.508 e. The molecule has 3 nitrogen and oxygen atoms in total. The quantitative estimate of drug-likeness (QED) is 0.839. The Bertz CT molecular complexity index is 623. The third kappa shape index (κ3) is 4.50. The first-order valence-corrected chi connectivity index (χ1v) is 7.61. The third-order valence-corrected chi connectivity index (χ3v) is 4.08. The Hall–Kier alpha value is -2.00. The van der Waals surface area contributed by atoms with Crippen LogP contribution < -0.4 is 0 Å². The fourth-order valence-electron chi connectivity index (χ4n) is 2.35. The molecule has 0 spiro atoms. The SMILES string of the molecule is Cc1ccc(O)cc1CCC(=O)CCc1cc(O)ccc1Cl. The van der Waals surface area contributed by atoms with Crippen LogP contribution in [-0.2, 0) is 17.6 Å². The molecule has 0 aliphatic rings. The number of halogens is 1. The van der Waals surface area contributed by atoms with Gasteiger partial charge >= 0.3 is 0 Å². The third-order valence-electron chi connectivity index (χ3n) is 3.71. The van der Waals surface area contributed by atoms with E-state index in [4.69, 9.17) is 11.6 Å².